The van der Waals surface area contributed by atoms with E-state index in [1.54, 1.807) is 7.11 Å². The number of nitrogens with zero attached hydrogens (tertiary/aromatic N) is 1. The molecule has 0 aromatic heterocycles. The summed E-state index contributed by atoms with van der Waals surface area (Å²) < 4.78 is 5.29. The summed E-state index contributed by atoms with van der Waals surface area (Å²) in [5, 5.41) is 2.93. The first kappa shape index (κ1) is 17.0. The van der Waals surface area contributed by atoms with E-state index in [0.29, 0.717) is 18.0 Å². The van der Waals surface area contributed by atoms with Gasteiger partial charge in [-0.05, 0) is 44.2 Å². The van der Waals surface area contributed by atoms with Gasteiger partial charge in [0.15, 0.2) is 0 Å². The van der Waals surface area contributed by atoms with Gasteiger partial charge < -0.3 is 10.1 Å². The summed E-state index contributed by atoms with van der Waals surface area (Å²) in [7, 11) is 3.55. The van der Waals surface area contributed by atoms with E-state index >= 15 is 0 Å². The van der Waals surface area contributed by atoms with Crippen molar-refractivity contribution in [1.82, 2.24) is 4.90 Å². The van der Waals surface area contributed by atoms with Crippen molar-refractivity contribution in [3.05, 3.63) is 59.7 Å². The van der Waals surface area contributed by atoms with Crippen LogP contribution in [0.2, 0.25) is 0 Å². The first-order valence-electron chi connectivity index (χ1n) is 7.71. The van der Waals surface area contributed by atoms with E-state index in [4.69, 9.17) is 4.74 Å². The highest BCUT2D eigenvalue weighted by Gasteiger charge is 2.15. The average Bonchev–Trinajstić information content (AvgIpc) is 2.55. The van der Waals surface area contributed by atoms with Gasteiger partial charge in [-0.3, -0.25) is 9.69 Å². The first-order chi connectivity index (χ1) is 11.0. The molecule has 0 aliphatic heterocycles. The van der Waals surface area contributed by atoms with E-state index in [1.165, 1.54) is 5.56 Å². The van der Waals surface area contributed by atoms with Crippen LogP contribution < -0.4 is 10.1 Å². The van der Waals surface area contributed by atoms with Gasteiger partial charge in [-0.15, -0.1) is 0 Å². The molecule has 0 saturated heterocycles. The number of hydrogen-bond acceptors (Lipinski definition) is 3. The molecule has 2 rings (SSSR count). The van der Waals surface area contributed by atoms with Gasteiger partial charge in [0, 0.05) is 6.04 Å². The van der Waals surface area contributed by atoms with E-state index in [-0.39, 0.29) is 11.9 Å². The smallest absolute Gasteiger partial charge is 0.238 e. The van der Waals surface area contributed by atoms with Gasteiger partial charge >= 0.3 is 0 Å². The number of amides is 1. The monoisotopic (exact) mass is 312 g/mol. The van der Waals surface area contributed by atoms with Gasteiger partial charge in [0.1, 0.15) is 5.75 Å². The summed E-state index contributed by atoms with van der Waals surface area (Å²) in [6.45, 7) is 4.39. The minimum Gasteiger partial charge on any atom is -0.495 e. The van der Waals surface area contributed by atoms with Gasteiger partial charge in [0.2, 0.25) is 5.91 Å². The highest BCUT2D eigenvalue weighted by atomic mass is 16.5. The van der Waals surface area contributed by atoms with Crippen molar-refractivity contribution in [1.29, 1.82) is 0 Å². The molecule has 122 valence electrons. The molecular formula is C19H24N2O2. The largest absolute Gasteiger partial charge is 0.495 e. The average molecular weight is 312 g/mol. The lowest BCUT2D eigenvalue weighted by molar-refractivity contribution is -0.117. The molecule has 0 spiro atoms. The molecule has 1 N–H and O–H groups in total. The highest BCUT2D eigenvalue weighted by Crippen LogP contribution is 2.25. The van der Waals surface area contributed by atoms with Crippen LogP contribution in [0, 0.1) is 6.92 Å². The molecule has 23 heavy (non-hydrogen) atoms. The van der Waals surface area contributed by atoms with Crippen LogP contribution in [-0.4, -0.2) is 31.5 Å². The van der Waals surface area contributed by atoms with E-state index in [1.807, 2.05) is 55.3 Å². The zero-order valence-electron chi connectivity index (χ0n) is 14.2. The first-order valence-corrected chi connectivity index (χ1v) is 7.71. The van der Waals surface area contributed by atoms with E-state index in [2.05, 4.69) is 24.4 Å². The molecule has 0 radical (unpaired) electrons. The number of benzene rings is 2. The van der Waals surface area contributed by atoms with Crippen LogP contribution in [0.5, 0.6) is 5.75 Å². The third kappa shape index (κ3) is 4.57. The summed E-state index contributed by atoms with van der Waals surface area (Å²) in [5.41, 5.74) is 2.97. The van der Waals surface area contributed by atoms with Gasteiger partial charge in [0.05, 0.1) is 19.3 Å². The summed E-state index contributed by atoms with van der Waals surface area (Å²) >= 11 is 0. The minimum atomic E-state index is -0.0563. The Labute approximate surface area is 138 Å². The SMILES string of the molecule is COc1ccc(C)cc1NC(=O)CN(C)C(C)c1ccccc1. The summed E-state index contributed by atoms with van der Waals surface area (Å²) in [6.07, 6.45) is 0. The van der Waals surface area contributed by atoms with Crippen molar-refractivity contribution in [2.45, 2.75) is 19.9 Å². The summed E-state index contributed by atoms with van der Waals surface area (Å²) in [4.78, 5) is 14.4. The van der Waals surface area contributed by atoms with Gasteiger partial charge in [0.25, 0.3) is 0 Å². The second-order valence-electron chi connectivity index (χ2n) is 5.75. The molecule has 0 saturated carbocycles. The van der Waals surface area contributed by atoms with Crippen LogP contribution in [0.4, 0.5) is 5.69 Å². The Hall–Kier alpha value is -2.33. The fourth-order valence-corrected chi connectivity index (χ4v) is 2.46. The van der Waals surface area contributed by atoms with Crippen LogP contribution in [0.25, 0.3) is 0 Å². The molecule has 1 amide bonds. The number of aryl methyl sites for hydroxylation is 1. The third-order valence-corrected chi connectivity index (χ3v) is 3.97. The maximum absolute atomic E-state index is 12.3. The molecule has 0 bridgehead atoms. The van der Waals surface area contributed by atoms with Crippen molar-refractivity contribution in [2.24, 2.45) is 0 Å². The molecule has 2 aromatic rings. The number of carbonyl (C=O) groups excluding carboxylic acids is 1. The van der Waals surface area contributed by atoms with Crippen molar-refractivity contribution < 1.29 is 9.53 Å². The van der Waals surface area contributed by atoms with Crippen molar-refractivity contribution in [3.8, 4) is 5.75 Å². The maximum atomic E-state index is 12.3. The zero-order valence-corrected chi connectivity index (χ0v) is 14.2. The van der Waals surface area contributed by atoms with Crippen LogP contribution >= 0.6 is 0 Å². The second kappa shape index (κ2) is 7.79. The lowest BCUT2D eigenvalue weighted by Gasteiger charge is -2.24. The Bertz CT molecular complexity index is 656. The maximum Gasteiger partial charge on any atom is 0.238 e. The number of carbonyl (C=O) groups is 1. The lowest BCUT2D eigenvalue weighted by atomic mass is 10.1. The quantitative estimate of drug-likeness (QED) is 0.885. The Morgan fingerprint density at radius 1 is 1.22 bits per heavy atom. The zero-order chi connectivity index (χ0) is 16.8. The van der Waals surface area contributed by atoms with Crippen LogP contribution in [0.1, 0.15) is 24.1 Å². The highest BCUT2D eigenvalue weighted by molar-refractivity contribution is 5.93. The van der Waals surface area contributed by atoms with Crippen molar-refractivity contribution in [3.63, 3.8) is 0 Å². The molecule has 0 aliphatic carbocycles. The number of hydrogen-bond donors (Lipinski definition) is 1. The standard InChI is InChI=1S/C19H24N2O2/c1-14-10-11-18(23-4)17(12-14)20-19(22)13-21(3)15(2)16-8-6-5-7-9-16/h5-12,15H,13H2,1-4H3,(H,20,22). The number of anilines is 1. The molecule has 2 aromatic carbocycles. The van der Waals surface area contributed by atoms with E-state index in [9.17, 15) is 4.79 Å². The second-order valence-corrected chi connectivity index (χ2v) is 5.75. The molecule has 0 aliphatic rings. The number of nitrogens with one attached hydrogen (secondary N) is 1. The topological polar surface area (TPSA) is 41.6 Å². The summed E-state index contributed by atoms with van der Waals surface area (Å²) in [6, 6.07) is 16.1. The number of likely N-dealkylation sites (N-methyl/N-ethyl adjacent to an activating group) is 1. The normalized spacial score (nSPS) is 12.0. The van der Waals surface area contributed by atoms with Gasteiger partial charge in [-0.1, -0.05) is 36.4 Å². The molecule has 1 atom stereocenters. The van der Waals surface area contributed by atoms with Gasteiger partial charge in [-0.2, -0.15) is 0 Å². The number of rotatable bonds is 6. The Balaban J connectivity index is 2.01. The fourth-order valence-electron chi connectivity index (χ4n) is 2.46. The third-order valence-electron chi connectivity index (χ3n) is 3.97. The molecule has 0 heterocycles. The molecule has 4 heteroatoms. The molecule has 0 fully saturated rings. The van der Waals surface area contributed by atoms with Crippen LogP contribution in [0.3, 0.4) is 0 Å². The fraction of sp³-hybridized carbons (Fsp3) is 0.316. The molecular weight excluding hydrogens is 288 g/mol. The van der Waals surface area contributed by atoms with Crippen LogP contribution in [0.15, 0.2) is 48.5 Å². The van der Waals surface area contributed by atoms with Crippen LogP contribution in [-0.2, 0) is 4.79 Å². The Morgan fingerprint density at radius 2 is 1.91 bits per heavy atom. The Morgan fingerprint density at radius 3 is 2.57 bits per heavy atom. The molecule has 4 nitrogen and oxygen atoms in total. The summed E-state index contributed by atoms with van der Waals surface area (Å²) in [5.74, 6) is 0.613. The van der Waals surface area contributed by atoms with Crippen molar-refractivity contribution in [2.75, 3.05) is 26.0 Å². The minimum absolute atomic E-state index is 0.0563. The Kier molecular flexibility index (Phi) is 5.77. The molecule has 1 unspecified atom stereocenters. The number of methoxy groups -OCH3 is 1. The van der Waals surface area contributed by atoms with E-state index in [0.717, 1.165) is 5.56 Å². The van der Waals surface area contributed by atoms with E-state index < -0.39 is 0 Å². The lowest BCUT2D eigenvalue weighted by Crippen LogP contribution is -2.32. The number of ether oxygens (including phenoxy) is 1. The van der Waals surface area contributed by atoms with Crippen molar-refractivity contribution >= 4 is 11.6 Å². The van der Waals surface area contributed by atoms with Gasteiger partial charge in [-0.25, -0.2) is 0 Å². The predicted molar refractivity (Wildman–Crippen MR) is 93.8 cm³/mol. The predicted octanol–water partition coefficient (Wildman–Crippen LogP) is 3.64.